The van der Waals surface area contributed by atoms with Crippen molar-refractivity contribution in [3.63, 3.8) is 0 Å². The lowest BCUT2D eigenvalue weighted by atomic mass is 9.68. The fourth-order valence-electron chi connectivity index (χ4n) is 10.7. The van der Waals surface area contributed by atoms with Gasteiger partial charge in [-0.1, -0.05) is 170 Å². The van der Waals surface area contributed by atoms with Gasteiger partial charge in [0.15, 0.2) is 0 Å². The third-order valence-corrected chi connectivity index (χ3v) is 14.6. The van der Waals surface area contributed by atoms with E-state index in [0.717, 1.165) is 22.7 Å². The van der Waals surface area contributed by atoms with E-state index in [2.05, 4.69) is 252 Å². The zero-order chi connectivity index (χ0) is 42.2. The Bertz CT molecular complexity index is 3630. The predicted molar refractivity (Wildman–Crippen MR) is 271 cm³/mol. The van der Waals surface area contributed by atoms with Gasteiger partial charge in [0.25, 0.3) is 0 Å². The molecule has 0 saturated carbocycles. The lowest BCUT2D eigenvalue weighted by Crippen LogP contribution is -2.28. The van der Waals surface area contributed by atoms with E-state index in [1.54, 1.807) is 0 Å². The summed E-state index contributed by atoms with van der Waals surface area (Å²) in [5.74, 6) is 0. The van der Waals surface area contributed by atoms with E-state index in [4.69, 9.17) is 0 Å². The van der Waals surface area contributed by atoms with E-state index in [1.165, 1.54) is 86.5 Å². The molecule has 0 atom stereocenters. The summed E-state index contributed by atoms with van der Waals surface area (Å²) in [6.07, 6.45) is 0. The predicted octanol–water partition coefficient (Wildman–Crippen LogP) is 16.7. The molecule has 64 heavy (non-hydrogen) atoms. The van der Waals surface area contributed by atoms with E-state index in [0.29, 0.717) is 0 Å². The summed E-state index contributed by atoms with van der Waals surface area (Å²) >= 11 is 1.86. The highest BCUT2D eigenvalue weighted by atomic mass is 32.1. The Morgan fingerprint density at radius 3 is 1.56 bits per heavy atom. The van der Waals surface area contributed by atoms with Crippen LogP contribution >= 0.6 is 11.3 Å². The standard InChI is InChI=1S/C61H40N2S/c1-2-15-43(16-3-1)61(55-24-9-4-19-49(55)50-20-5-10-25-56(50)61)44-32-36-46(37-33-44)62(45-34-29-41(30-35-45)42-31-38-60-54(39-42)53-23-8-13-28-59(53)64-60)47-17-14-18-48(40-47)63-57-26-11-6-21-51(57)52-22-7-12-27-58(52)63/h1-40H. The molecular formula is C61H40N2S. The molecule has 12 aromatic rings. The van der Waals surface area contributed by atoms with Gasteiger partial charge in [0.2, 0.25) is 0 Å². The fourth-order valence-corrected chi connectivity index (χ4v) is 11.8. The molecule has 13 rings (SSSR count). The molecule has 300 valence electrons. The number of thiophene rings is 1. The molecule has 0 radical (unpaired) electrons. The molecule has 0 unspecified atom stereocenters. The van der Waals surface area contributed by atoms with Gasteiger partial charge in [-0.25, -0.2) is 0 Å². The Morgan fingerprint density at radius 1 is 0.344 bits per heavy atom. The highest BCUT2D eigenvalue weighted by molar-refractivity contribution is 7.25. The van der Waals surface area contributed by atoms with E-state index < -0.39 is 5.41 Å². The van der Waals surface area contributed by atoms with E-state index in [-0.39, 0.29) is 0 Å². The summed E-state index contributed by atoms with van der Waals surface area (Å²) in [6, 6.07) is 89.5. The van der Waals surface area contributed by atoms with Crippen LogP contribution in [-0.2, 0) is 5.41 Å². The van der Waals surface area contributed by atoms with Gasteiger partial charge in [-0.3, -0.25) is 0 Å². The topological polar surface area (TPSA) is 8.17 Å². The molecule has 0 N–H and O–H groups in total. The molecule has 2 aromatic heterocycles. The lowest BCUT2D eigenvalue weighted by molar-refractivity contribution is 0.768. The van der Waals surface area contributed by atoms with Crippen molar-refractivity contribution in [1.29, 1.82) is 0 Å². The second-order valence-corrected chi connectivity index (χ2v) is 17.9. The average molecular weight is 833 g/mol. The quantitative estimate of drug-likeness (QED) is 0.155. The van der Waals surface area contributed by atoms with Gasteiger partial charge in [0.05, 0.1) is 16.4 Å². The first-order chi connectivity index (χ1) is 31.7. The molecule has 10 aromatic carbocycles. The van der Waals surface area contributed by atoms with Crippen LogP contribution in [0.2, 0.25) is 0 Å². The van der Waals surface area contributed by atoms with Crippen LogP contribution in [0.15, 0.2) is 243 Å². The van der Waals surface area contributed by atoms with Crippen LogP contribution in [0.3, 0.4) is 0 Å². The highest BCUT2D eigenvalue weighted by Gasteiger charge is 2.45. The highest BCUT2D eigenvalue weighted by Crippen LogP contribution is 2.56. The average Bonchev–Trinajstić information content (AvgIpc) is 4.01. The zero-order valence-electron chi connectivity index (χ0n) is 34.9. The minimum absolute atomic E-state index is 0.467. The molecule has 0 fully saturated rings. The molecule has 0 aliphatic heterocycles. The normalized spacial score (nSPS) is 12.8. The maximum absolute atomic E-state index is 2.41. The number of hydrogen-bond acceptors (Lipinski definition) is 2. The van der Waals surface area contributed by atoms with E-state index >= 15 is 0 Å². The van der Waals surface area contributed by atoms with Gasteiger partial charge < -0.3 is 9.47 Å². The number of aromatic nitrogens is 1. The van der Waals surface area contributed by atoms with Gasteiger partial charge in [0.1, 0.15) is 0 Å². The minimum atomic E-state index is -0.467. The van der Waals surface area contributed by atoms with Crippen molar-refractivity contribution in [3.8, 4) is 27.9 Å². The number of fused-ring (bicyclic) bond motifs is 9. The first-order valence-corrected chi connectivity index (χ1v) is 22.8. The number of hydrogen-bond donors (Lipinski definition) is 0. The third-order valence-electron chi connectivity index (χ3n) is 13.5. The van der Waals surface area contributed by atoms with Crippen molar-refractivity contribution in [2.45, 2.75) is 5.41 Å². The molecule has 0 bridgehead atoms. The van der Waals surface area contributed by atoms with Gasteiger partial charge in [-0.05, 0) is 117 Å². The van der Waals surface area contributed by atoms with Gasteiger partial charge in [-0.15, -0.1) is 11.3 Å². The number of benzene rings is 10. The Hall–Kier alpha value is -7.98. The number of nitrogens with zero attached hydrogens (tertiary/aromatic N) is 2. The molecule has 1 aliphatic carbocycles. The largest absolute Gasteiger partial charge is 0.310 e. The van der Waals surface area contributed by atoms with Gasteiger partial charge in [0, 0.05) is 53.7 Å². The number of rotatable bonds is 7. The van der Waals surface area contributed by atoms with Crippen molar-refractivity contribution in [2.24, 2.45) is 0 Å². The summed E-state index contributed by atoms with van der Waals surface area (Å²) in [5, 5.41) is 5.13. The summed E-state index contributed by atoms with van der Waals surface area (Å²) in [7, 11) is 0. The third kappa shape index (κ3) is 5.51. The van der Waals surface area contributed by atoms with Crippen LogP contribution in [0.25, 0.3) is 69.9 Å². The van der Waals surface area contributed by atoms with E-state index in [9.17, 15) is 0 Å². The Balaban J connectivity index is 0.976. The Kier molecular flexibility index (Phi) is 8.34. The minimum Gasteiger partial charge on any atom is -0.310 e. The number of para-hydroxylation sites is 2. The van der Waals surface area contributed by atoms with Gasteiger partial charge in [-0.2, -0.15) is 0 Å². The second-order valence-electron chi connectivity index (χ2n) is 16.8. The van der Waals surface area contributed by atoms with Crippen LogP contribution in [0, 0.1) is 0 Å². The monoisotopic (exact) mass is 832 g/mol. The van der Waals surface area contributed by atoms with Crippen LogP contribution in [-0.4, -0.2) is 4.57 Å². The lowest BCUT2D eigenvalue weighted by Gasteiger charge is -2.34. The summed E-state index contributed by atoms with van der Waals surface area (Å²) in [4.78, 5) is 2.41. The maximum atomic E-state index is 2.41. The van der Waals surface area contributed by atoms with Gasteiger partial charge >= 0.3 is 0 Å². The molecule has 0 spiro atoms. The zero-order valence-corrected chi connectivity index (χ0v) is 35.7. The Morgan fingerprint density at radius 2 is 0.875 bits per heavy atom. The SMILES string of the molecule is c1ccc(C2(c3ccc(N(c4ccc(-c5ccc6sc7ccccc7c6c5)cc4)c4cccc(-n5c6ccccc6c6ccccc65)c4)cc3)c3ccccc3-c3ccccc32)cc1. The molecular weight excluding hydrogens is 793 g/mol. The summed E-state index contributed by atoms with van der Waals surface area (Å²) < 4.78 is 5.05. The van der Waals surface area contributed by atoms with E-state index in [1.807, 2.05) is 11.3 Å². The molecule has 0 saturated heterocycles. The molecule has 3 heteroatoms. The molecule has 1 aliphatic rings. The van der Waals surface area contributed by atoms with Crippen molar-refractivity contribution in [3.05, 3.63) is 265 Å². The molecule has 2 heterocycles. The van der Waals surface area contributed by atoms with Crippen LogP contribution in [0.1, 0.15) is 22.3 Å². The summed E-state index contributed by atoms with van der Waals surface area (Å²) in [6.45, 7) is 0. The Labute approximate surface area is 376 Å². The van der Waals surface area contributed by atoms with Crippen LogP contribution in [0.5, 0.6) is 0 Å². The fraction of sp³-hybridized carbons (Fsp3) is 0.0164. The smallest absolute Gasteiger partial charge is 0.0713 e. The summed E-state index contributed by atoms with van der Waals surface area (Å²) in [5.41, 5.74) is 16.4. The first-order valence-electron chi connectivity index (χ1n) is 22.0. The van der Waals surface area contributed by atoms with Crippen molar-refractivity contribution >= 4 is 70.4 Å². The van der Waals surface area contributed by atoms with Crippen LogP contribution in [0.4, 0.5) is 17.1 Å². The van der Waals surface area contributed by atoms with Crippen LogP contribution < -0.4 is 4.90 Å². The molecule has 0 amide bonds. The number of anilines is 3. The van der Waals surface area contributed by atoms with Crippen molar-refractivity contribution < 1.29 is 0 Å². The van der Waals surface area contributed by atoms with Crippen molar-refractivity contribution in [1.82, 2.24) is 4.57 Å². The maximum Gasteiger partial charge on any atom is 0.0713 e. The first kappa shape index (κ1) is 36.7. The molecule has 2 nitrogen and oxygen atoms in total. The second kappa shape index (κ2) is 14.6. The van der Waals surface area contributed by atoms with Crippen molar-refractivity contribution in [2.75, 3.05) is 4.90 Å².